The highest BCUT2D eigenvalue weighted by molar-refractivity contribution is 8.04. The Morgan fingerprint density at radius 2 is 1.88 bits per heavy atom. The van der Waals surface area contributed by atoms with E-state index in [0.717, 1.165) is 34.1 Å². The van der Waals surface area contributed by atoms with Gasteiger partial charge in [-0.05, 0) is 60.3 Å². The zero-order valence-corrected chi connectivity index (χ0v) is 20.3. The number of methoxy groups -OCH3 is 1. The van der Waals surface area contributed by atoms with E-state index in [4.69, 9.17) is 4.74 Å². The molecule has 5 nitrogen and oxygen atoms in total. The number of carbonyl (C=O) groups is 2. The van der Waals surface area contributed by atoms with Crippen molar-refractivity contribution in [2.45, 2.75) is 31.1 Å². The van der Waals surface area contributed by atoms with E-state index in [9.17, 15) is 9.59 Å². The summed E-state index contributed by atoms with van der Waals surface area (Å²) >= 11 is 3.36. The number of thioether (sulfide) groups is 2. The summed E-state index contributed by atoms with van der Waals surface area (Å²) in [5, 5.41) is 2.96. The van der Waals surface area contributed by atoms with Crippen molar-refractivity contribution in [1.29, 1.82) is 0 Å². The maximum atomic E-state index is 13.3. The van der Waals surface area contributed by atoms with Gasteiger partial charge in [0.25, 0.3) is 5.91 Å². The third kappa shape index (κ3) is 6.81. The fourth-order valence-electron chi connectivity index (χ4n) is 3.22. The number of anilines is 1. The molecule has 0 radical (unpaired) electrons. The highest BCUT2D eigenvalue weighted by atomic mass is 32.2. The summed E-state index contributed by atoms with van der Waals surface area (Å²) < 4.78 is 5.21. The van der Waals surface area contributed by atoms with Gasteiger partial charge in [0.2, 0.25) is 5.91 Å². The zero-order chi connectivity index (χ0) is 22.8. The van der Waals surface area contributed by atoms with Crippen LogP contribution in [-0.2, 0) is 9.59 Å². The molecule has 1 aliphatic heterocycles. The first-order chi connectivity index (χ1) is 15.6. The van der Waals surface area contributed by atoms with Crippen molar-refractivity contribution in [2.75, 3.05) is 36.6 Å². The molecule has 0 spiro atoms. The summed E-state index contributed by atoms with van der Waals surface area (Å²) in [5.74, 6) is 2.68. The lowest BCUT2D eigenvalue weighted by molar-refractivity contribution is -0.122. The molecule has 0 aromatic heterocycles. The third-order valence-corrected chi connectivity index (χ3v) is 7.21. The van der Waals surface area contributed by atoms with E-state index in [1.165, 1.54) is 30.4 Å². The fraction of sp³-hybridized carbons (Fsp3) is 0.360. The van der Waals surface area contributed by atoms with E-state index in [1.807, 2.05) is 66.4 Å². The minimum atomic E-state index is -0.158. The summed E-state index contributed by atoms with van der Waals surface area (Å²) in [6.45, 7) is 2.83. The van der Waals surface area contributed by atoms with Gasteiger partial charge < -0.3 is 10.1 Å². The smallest absolute Gasteiger partial charge is 0.265 e. The molecular formula is C25H30N2O3S2. The first kappa shape index (κ1) is 24.3. The number of hydrogen-bond donors (Lipinski definition) is 1. The second-order valence-corrected chi connectivity index (χ2v) is 9.72. The largest absolute Gasteiger partial charge is 0.497 e. The molecule has 3 rings (SSSR count). The summed E-state index contributed by atoms with van der Waals surface area (Å²) in [6.07, 6.45) is 5.24. The second kappa shape index (κ2) is 12.6. The molecule has 0 atom stereocenters. The van der Waals surface area contributed by atoms with Crippen LogP contribution in [0.1, 0.15) is 31.7 Å². The van der Waals surface area contributed by atoms with Crippen molar-refractivity contribution >= 4 is 47.1 Å². The van der Waals surface area contributed by atoms with Gasteiger partial charge in [0.05, 0.1) is 17.7 Å². The lowest BCUT2D eigenvalue weighted by atomic mass is 10.2. The van der Waals surface area contributed by atoms with Gasteiger partial charge >= 0.3 is 0 Å². The second-order valence-electron chi connectivity index (χ2n) is 7.41. The first-order valence-corrected chi connectivity index (χ1v) is 12.9. The zero-order valence-electron chi connectivity index (χ0n) is 18.6. The van der Waals surface area contributed by atoms with Gasteiger partial charge in [-0.3, -0.25) is 14.5 Å². The van der Waals surface area contributed by atoms with Crippen LogP contribution in [0.5, 0.6) is 5.75 Å². The number of para-hydroxylation sites is 1. The first-order valence-electron chi connectivity index (χ1n) is 10.9. The van der Waals surface area contributed by atoms with Crippen molar-refractivity contribution < 1.29 is 14.3 Å². The summed E-state index contributed by atoms with van der Waals surface area (Å²) in [7, 11) is 1.62. The summed E-state index contributed by atoms with van der Waals surface area (Å²) in [5.41, 5.74) is 1.69. The van der Waals surface area contributed by atoms with E-state index in [-0.39, 0.29) is 18.4 Å². The quantitative estimate of drug-likeness (QED) is 0.361. The molecule has 0 aliphatic carbocycles. The number of fused-ring (bicyclic) bond motifs is 1. The molecule has 2 aromatic rings. The molecule has 1 aliphatic rings. The molecule has 32 heavy (non-hydrogen) atoms. The molecule has 1 heterocycles. The van der Waals surface area contributed by atoms with Crippen LogP contribution in [0.3, 0.4) is 0 Å². The van der Waals surface area contributed by atoms with E-state index < -0.39 is 0 Å². The van der Waals surface area contributed by atoms with Crippen LogP contribution in [0, 0.1) is 0 Å². The molecule has 2 aromatic carbocycles. The van der Waals surface area contributed by atoms with Gasteiger partial charge in [-0.25, -0.2) is 0 Å². The Hall–Kier alpha value is -2.38. The van der Waals surface area contributed by atoms with Crippen molar-refractivity contribution in [3.05, 3.63) is 59.0 Å². The SMILES string of the molecule is CCCCSCCCNC(=O)CN1C(=O)/C(=C/c2ccc(OC)cc2)Sc2ccccc21. The van der Waals surface area contributed by atoms with Crippen molar-refractivity contribution in [1.82, 2.24) is 5.32 Å². The number of ether oxygens (including phenoxy) is 1. The predicted molar refractivity (Wildman–Crippen MR) is 135 cm³/mol. The van der Waals surface area contributed by atoms with Crippen LogP contribution in [0.15, 0.2) is 58.3 Å². The minimum Gasteiger partial charge on any atom is -0.497 e. The van der Waals surface area contributed by atoms with Crippen molar-refractivity contribution in [3.8, 4) is 5.75 Å². The minimum absolute atomic E-state index is 0.0132. The van der Waals surface area contributed by atoms with E-state index in [1.54, 1.807) is 12.0 Å². The molecule has 7 heteroatoms. The van der Waals surface area contributed by atoms with E-state index in [0.29, 0.717) is 11.4 Å². The Labute approximate surface area is 199 Å². The van der Waals surface area contributed by atoms with Crippen LogP contribution in [0.25, 0.3) is 6.08 Å². The Bertz CT molecular complexity index is 944. The summed E-state index contributed by atoms with van der Waals surface area (Å²) in [6, 6.07) is 15.3. The Morgan fingerprint density at radius 1 is 1.12 bits per heavy atom. The lowest BCUT2D eigenvalue weighted by Gasteiger charge is -2.29. The van der Waals surface area contributed by atoms with Gasteiger partial charge in [0.1, 0.15) is 12.3 Å². The standard InChI is InChI=1S/C25H30N2O3S2/c1-3-4-15-31-16-7-14-26-24(28)18-27-21-8-5-6-9-22(21)32-23(25(27)29)17-19-10-12-20(30-2)13-11-19/h5-6,8-13,17H,3-4,7,14-16,18H2,1-2H3,(H,26,28)/b23-17-. The molecule has 0 saturated carbocycles. The highest BCUT2D eigenvalue weighted by Gasteiger charge is 2.30. The Balaban J connectivity index is 1.65. The predicted octanol–water partition coefficient (Wildman–Crippen LogP) is 5.21. The normalized spacial score (nSPS) is 14.4. The van der Waals surface area contributed by atoms with Crippen LogP contribution in [-0.4, -0.2) is 43.5 Å². The van der Waals surface area contributed by atoms with Gasteiger partial charge in [0.15, 0.2) is 0 Å². The molecule has 0 bridgehead atoms. The van der Waals surface area contributed by atoms with Crippen LogP contribution in [0.2, 0.25) is 0 Å². The number of nitrogens with one attached hydrogen (secondary N) is 1. The molecule has 0 saturated heterocycles. The van der Waals surface area contributed by atoms with Gasteiger partial charge in [-0.2, -0.15) is 11.8 Å². The molecule has 1 N–H and O–H groups in total. The van der Waals surface area contributed by atoms with Crippen LogP contribution in [0.4, 0.5) is 5.69 Å². The number of rotatable bonds is 11. The number of hydrogen-bond acceptors (Lipinski definition) is 5. The van der Waals surface area contributed by atoms with Gasteiger partial charge in [0, 0.05) is 11.4 Å². The Morgan fingerprint density at radius 3 is 2.62 bits per heavy atom. The maximum Gasteiger partial charge on any atom is 0.265 e. The number of carbonyl (C=O) groups excluding carboxylic acids is 2. The van der Waals surface area contributed by atoms with Crippen molar-refractivity contribution in [2.24, 2.45) is 0 Å². The average molecular weight is 471 g/mol. The van der Waals surface area contributed by atoms with Gasteiger partial charge in [-0.15, -0.1) is 0 Å². The molecule has 170 valence electrons. The number of unbranched alkanes of at least 4 members (excludes halogenated alkanes) is 1. The van der Waals surface area contributed by atoms with Crippen molar-refractivity contribution in [3.63, 3.8) is 0 Å². The Kier molecular flexibility index (Phi) is 9.56. The van der Waals surface area contributed by atoms with E-state index in [2.05, 4.69) is 12.2 Å². The lowest BCUT2D eigenvalue weighted by Crippen LogP contribution is -2.43. The average Bonchev–Trinajstić information content (AvgIpc) is 2.81. The van der Waals surface area contributed by atoms with Gasteiger partial charge in [-0.1, -0.05) is 49.4 Å². The molecular weight excluding hydrogens is 440 g/mol. The highest BCUT2D eigenvalue weighted by Crippen LogP contribution is 2.41. The maximum absolute atomic E-state index is 13.3. The van der Waals surface area contributed by atoms with Crippen LogP contribution < -0.4 is 15.0 Å². The third-order valence-electron chi connectivity index (χ3n) is 4.98. The monoisotopic (exact) mass is 470 g/mol. The number of amides is 2. The fourth-order valence-corrected chi connectivity index (χ4v) is 5.32. The summed E-state index contributed by atoms with van der Waals surface area (Å²) in [4.78, 5) is 29.0. The van der Waals surface area contributed by atoms with E-state index >= 15 is 0 Å². The molecule has 0 unspecified atom stereocenters. The number of benzene rings is 2. The molecule has 2 amide bonds. The molecule has 0 fully saturated rings. The number of nitrogens with zero attached hydrogens (tertiary/aromatic N) is 1. The topological polar surface area (TPSA) is 58.6 Å². The van der Waals surface area contributed by atoms with Crippen LogP contribution >= 0.6 is 23.5 Å².